The summed E-state index contributed by atoms with van der Waals surface area (Å²) in [6.45, 7) is 1.96. The molecular weight excluding hydrogens is 454 g/mol. The minimum absolute atomic E-state index is 0.0542. The lowest BCUT2D eigenvalue weighted by Gasteiger charge is -2.26. The third kappa shape index (κ3) is 4.94. The number of carbonyl (C=O) groups is 3. The number of nitro groups is 1. The Labute approximate surface area is 192 Å². The summed E-state index contributed by atoms with van der Waals surface area (Å²) >= 11 is 6.27. The summed E-state index contributed by atoms with van der Waals surface area (Å²) < 4.78 is 10.9. The number of non-ortho nitro benzene ring substituents is 1. The second-order valence-electron chi connectivity index (χ2n) is 6.49. The number of hydrogen-bond donors (Lipinski definition) is 1. The third-order valence-corrected chi connectivity index (χ3v) is 4.62. The van der Waals surface area contributed by atoms with E-state index < -0.39 is 28.3 Å². The molecule has 0 spiro atoms. The second kappa shape index (κ2) is 9.84. The maximum absolute atomic E-state index is 13.0. The number of amides is 4. The predicted molar refractivity (Wildman–Crippen MR) is 119 cm³/mol. The average molecular weight is 470 g/mol. The fraction of sp³-hybridized carbons (Fsp3) is 0.136. The molecule has 4 amide bonds. The number of terminal acetylenes is 1. The van der Waals surface area contributed by atoms with Crippen molar-refractivity contribution in [3.05, 3.63) is 62.7 Å². The number of benzene rings is 2. The molecule has 0 unspecified atom stereocenters. The van der Waals surface area contributed by atoms with E-state index >= 15 is 0 Å². The lowest BCUT2D eigenvalue weighted by Crippen LogP contribution is -2.54. The van der Waals surface area contributed by atoms with Crippen molar-refractivity contribution in [2.45, 2.75) is 6.92 Å². The van der Waals surface area contributed by atoms with Crippen molar-refractivity contribution < 1.29 is 28.8 Å². The summed E-state index contributed by atoms with van der Waals surface area (Å²) in [7, 11) is 0. The molecule has 33 heavy (non-hydrogen) atoms. The van der Waals surface area contributed by atoms with Gasteiger partial charge >= 0.3 is 6.03 Å². The van der Waals surface area contributed by atoms with Crippen LogP contribution >= 0.6 is 11.6 Å². The van der Waals surface area contributed by atoms with Gasteiger partial charge in [0.25, 0.3) is 17.5 Å². The van der Waals surface area contributed by atoms with Crippen LogP contribution in [0, 0.1) is 22.5 Å². The van der Waals surface area contributed by atoms with Gasteiger partial charge in [0.05, 0.1) is 22.2 Å². The summed E-state index contributed by atoms with van der Waals surface area (Å²) in [5.41, 5.74) is -0.484. The summed E-state index contributed by atoms with van der Waals surface area (Å²) in [5.74, 6) is 0.850. The summed E-state index contributed by atoms with van der Waals surface area (Å²) in [5, 5.41) is 13.2. The molecule has 1 saturated heterocycles. The average Bonchev–Trinajstić information content (AvgIpc) is 2.76. The van der Waals surface area contributed by atoms with E-state index in [9.17, 15) is 24.5 Å². The number of nitrogens with one attached hydrogen (secondary N) is 1. The highest BCUT2D eigenvalue weighted by atomic mass is 35.5. The summed E-state index contributed by atoms with van der Waals surface area (Å²) in [6.07, 6.45) is 6.43. The quantitative estimate of drug-likeness (QED) is 0.216. The van der Waals surface area contributed by atoms with E-state index in [4.69, 9.17) is 27.5 Å². The molecule has 1 fully saturated rings. The van der Waals surface area contributed by atoms with Crippen molar-refractivity contribution in [3.8, 4) is 23.8 Å². The molecule has 0 aromatic heterocycles. The van der Waals surface area contributed by atoms with Gasteiger partial charge in [-0.3, -0.25) is 25.0 Å². The van der Waals surface area contributed by atoms with Crippen molar-refractivity contribution >= 4 is 46.9 Å². The molecule has 2 aromatic rings. The molecule has 3 rings (SSSR count). The van der Waals surface area contributed by atoms with Crippen LogP contribution in [0.5, 0.6) is 11.5 Å². The first kappa shape index (κ1) is 23.3. The maximum Gasteiger partial charge on any atom is 0.335 e. The van der Waals surface area contributed by atoms with Gasteiger partial charge in [0.15, 0.2) is 11.5 Å². The second-order valence-corrected chi connectivity index (χ2v) is 6.90. The molecule has 0 aliphatic carbocycles. The molecule has 0 saturated carbocycles. The van der Waals surface area contributed by atoms with Gasteiger partial charge in [-0.25, -0.2) is 9.69 Å². The first-order valence-corrected chi connectivity index (χ1v) is 9.83. The van der Waals surface area contributed by atoms with Gasteiger partial charge in [0, 0.05) is 12.1 Å². The van der Waals surface area contributed by atoms with Gasteiger partial charge in [-0.1, -0.05) is 23.6 Å². The first-order valence-electron chi connectivity index (χ1n) is 9.45. The molecule has 1 heterocycles. The van der Waals surface area contributed by atoms with Gasteiger partial charge in [0.2, 0.25) is 0 Å². The van der Waals surface area contributed by atoms with Crippen molar-refractivity contribution in [1.29, 1.82) is 0 Å². The smallest absolute Gasteiger partial charge is 0.335 e. The normalized spacial score (nSPS) is 14.6. The highest BCUT2D eigenvalue weighted by Gasteiger charge is 2.37. The Morgan fingerprint density at radius 1 is 1.24 bits per heavy atom. The van der Waals surface area contributed by atoms with Crippen molar-refractivity contribution in [2.24, 2.45) is 0 Å². The Morgan fingerprint density at radius 3 is 2.67 bits per heavy atom. The van der Waals surface area contributed by atoms with Gasteiger partial charge in [-0.2, -0.15) is 0 Å². The molecule has 0 radical (unpaired) electrons. The van der Waals surface area contributed by atoms with Crippen molar-refractivity contribution in [1.82, 2.24) is 5.32 Å². The first-order chi connectivity index (χ1) is 15.8. The number of nitro benzene ring substituents is 1. The van der Waals surface area contributed by atoms with Crippen molar-refractivity contribution in [3.63, 3.8) is 0 Å². The van der Waals surface area contributed by atoms with Crippen LogP contribution in [-0.4, -0.2) is 36.0 Å². The molecule has 1 aliphatic heterocycles. The topological polar surface area (TPSA) is 128 Å². The van der Waals surface area contributed by atoms with E-state index in [0.717, 1.165) is 6.07 Å². The number of halogens is 1. The molecular formula is C22H16ClN3O7. The molecule has 2 aromatic carbocycles. The molecule has 168 valence electrons. The van der Waals surface area contributed by atoms with Crippen LogP contribution in [0.4, 0.5) is 16.2 Å². The minimum Gasteiger partial charge on any atom is -0.490 e. The summed E-state index contributed by atoms with van der Waals surface area (Å²) in [6, 6.07) is 6.79. The fourth-order valence-corrected chi connectivity index (χ4v) is 3.27. The highest BCUT2D eigenvalue weighted by molar-refractivity contribution is 6.39. The van der Waals surface area contributed by atoms with Crippen LogP contribution < -0.4 is 19.7 Å². The Bertz CT molecular complexity index is 1230. The highest BCUT2D eigenvalue weighted by Crippen LogP contribution is 2.37. The zero-order valence-corrected chi connectivity index (χ0v) is 17.9. The molecule has 11 heteroatoms. The Hall–Kier alpha value is -4.36. The number of anilines is 1. The van der Waals surface area contributed by atoms with Crippen LogP contribution in [0.15, 0.2) is 42.0 Å². The Morgan fingerprint density at radius 2 is 2.00 bits per heavy atom. The SMILES string of the molecule is C#CCOc1c(Cl)cc(/C=C2\C(=O)NC(=O)N(c3cccc([N+](=O)[O-])c3)C2=O)cc1OCC. The van der Waals surface area contributed by atoms with E-state index in [1.807, 2.05) is 5.32 Å². The maximum atomic E-state index is 13.0. The molecule has 0 atom stereocenters. The van der Waals surface area contributed by atoms with E-state index in [1.165, 1.54) is 36.4 Å². The lowest BCUT2D eigenvalue weighted by molar-refractivity contribution is -0.384. The van der Waals surface area contributed by atoms with Crippen LogP contribution in [-0.2, 0) is 9.59 Å². The van der Waals surface area contributed by atoms with E-state index in [2.05, 4.69) is 5.92 Å². The Balaban J connectivity index is 2.04. The zero-order valence-electron chi connectivity index (χ0n) is 17.2. The van der Waals surface area contributed by atoms with Gasteiger partial charge in [-0.05, 0) is 36.8 Å². The summed E-state index contributed by atoms with van der Waals surface area (Å²) in [4.78, 5) is 48.8. The van der Waals surface area contributed by atoms with Gasteiger partial charge in [0.1, 0.15) is 12.2 Å². The van der Waals surface area contributed by atoms with Gasteiger partial charge < -0.3 is 9.47 Å². The van der Waals surface area contributed by atoms with Crippen LogP contribution in [0.1, 0.15) is 12.5 Å². The number of urea groups is 1. The number of hydrogen-bond acceptors (Lipinski definition) is 7. The monoisotopic (exact) mass is 469 g/mol. The van der Waals surface area contributed by atoms with Crippen LogP contribution in [0.3, 0.4) is 0 Å². The molecule has 1 N–H and O–H groups in total. The van der Waals surface area contributed by atoms with Gasteiger partial charge in [-0.15, -0.1) is 6.42 Å². The van der Waals surface area contributed by atoms with E-state index in [0.29, 0.717) is 10.5 Å². The number of imide groups is 2. The predicted octanol–water partition coefficient (Wildman–Crippen LogP) is 3.33. The Kier molecular flexibility index (Phi) is 6.95. The third-order valence-electron chi connectivity index (χ3n) is 4.34. The van der Waals surface area contributed by atoms with E-state index in [1.54, 1.807) is 6.92 Å². The largest absolute Gasteiger partial charge is 0.490 e. The van der Waals surface area contributed by atoms with E-state index in [-0.39, 0.29) is 41.1 Å². The molecule has 10 nitrogen and oxygen atoms in total. The minimum atomic E-state index is -1.03. The standard InChI is InChI=1S/C22H16ClN3O7/c1-3-8-33-19-17(23)10-13(11-18(19)32-4-2)9-16-20(27)24-22(29)25(21(16)28)14-6-5-7-15(12-14)26(30)31/h1,5-7,9-12H,4,8H2,2H3,(H,24,27,29)/b16-9+. The fourth-order valence-electron chi connectivity index (χ4n) is 2.99. The number of barbiturate groups is 1. The number of rotatable bonds is 7. The molecule has 1 aliphatic rings. The number of carbonyl (C=O) groups excluding carboxylic acids is 3. The number of ether oxygens (including phenoxy) is 2. The van der Waals surface area contributed by atoms with Crippen molar-refractivity contribution in [2.75, 3.05) is 18.1 Å². The zero-order chi connectivity index (χ0) is 24.1. The number of nitrogens with zero attached hydrogens (tertiary/aromatic N) is 2. The van der Waals surface area contributed by atoms with Crippen LogP contribution in [0.25, 0.3) is 6.08 Å². The molecule has 0 bridgehead atoms. The lowest BCUT2D eigenvalue weighted by atomic mass is 10.1. The van der Waals surface area contributed by atoms with Crippen LogP contribution in [0.2, 0.25) is 5.02 Å².